The Labute approximate surface area is 130 Å². The lowest BCUT2D eigenvalue weighted by molar-refractivity contribution is -0.144. The minimum Gasteiger partial charge on any atom is -0.469 e. The summed E-state index contributed by atoms with van der Waals surface area (Å²) < 4.78 is 17.3. The average Bonchev–Trinajstić information content (AvgIpc) is 2.46. The third-order valence-electron chi connectivity index (χ3n) is 3.91. The lowest BCUT2D eigenvalue weighted by atomic mass is 9.80. The Bertz CT molecular complexity index is 510. The number of carbonyl (C=O) groups excluding carboxylic acids is 2. The quantitative estimate of drug-likeness (QED) is 0.592. The first-order valence-corrected chi connectivity index (χ1v) is 7.32. The van der Waals surface area contributed by atoms with Gasteiger partial charge in [0.25, 0.3) is 0 Å². The molecule has 0 saturated carbocycles. The summed E-state index contributed by atoms with van der Waals surface area (Å²) in [5.74, 6) is -1.40. The molecule has 1 aromatic rings. The second-order valence-corrected chi connectivity index (χ2v) is 5.85. The summed E-state index contributed by atoms with van der Waals surface area (Å²) in [7, 11) is 1.22. The maximum Gasteiger partial charge on any atom is 0.313 e. The Hall–Kier alpha value is -1.75. The van der Waals surface area contributed by atoms with Crippen molar-refractivity contribution in [2.45, 2.75) is 45.1 Å². The molecule has 4 nitrogen and oxygen atoms in total. The number of ether oxygens (including phenoxy) is 1. The third-order valence-corrected chi connectivity index (χ3v) is 3.91. The van der Waals surface area contributed by atoms with Crippen LogP contribution < -0.4 is 0 Å². The number of ketones is 1. The predicted octanol–water partition coefficient (Wildman–Crippen LogP) is 2.67. The fourth-order valence-electron chi connectivity index (χ4n) is 2.23. The van der Waals surface area contributed by atoms with E-state index in [-0.39, 0.29) is 30.4 Å². The Morgan fingerprint density at radius 2 is 1.86 bits per heavy atom. The van der Waals surface area contributed by atoms with Gasteiger partial charge < -0.3 is 9.84 Å². The van der Waals surface area contributed by atoms with E-state index >= 15 is 0 Å². The molecule has 1 unspecified atom stereocenters. The van der Waals surface area contributed by atoms with E-state index in [2.05, 4.69) is 4.74 Å². The van der Waals surface area contributed by atoms with Gasteiger partial charge in [-0.2, -0.15) is 0 Å². The normalized spacial score (nSPS) is 13.7. The fraction of sp³-hybridized carbons (Fsp3) is 0.529. The van der Waals surface area contributed by atoms with Crippen molar-refractivity contribution < 1.29 is 23.8 Å². The Morgan fingerprint density at radius 1 is 1.27 bits per heavy atom. The number of esters is 1. The molecular formula is C17H23FO4. The molecule has 0 spiro atoms. The number of Topliss-reactive ketones (excluding diaryl/α,β-unsaturated/α-hetero) is 1. The van der Waals surface area contributed by atoms with Gasteiger partial charge in [0.05, 0.1) is 12.7 Å². The molecule has 0 aliphatic heterocycles. The first-order valence-electron chi connectivity index (χ1n) is 7.32. The minimum absolute atomic E-state index is 0.0963. The third kappa shape index (κ3) is 5.56. The van der Waals surface area contributed by atoms with Gasteiger partial charge in [0.15, 0.2) is 0 Å². The number of aliphatic hydroxyl groups is 1. The summed E-state index contributed by atoms with van der Waals surface area (Å²) in [4.78, 5) is 23.0. The van der Waals surface area contributed by atoms with Crippen LogP contribution in [0.2, 0.25) is 0 Å². The number of benzene rings is 1. The second-order valence-electron chi connectivity index (χ2n) is 5.85. The average molecular weight is 310 g/mol. The molecule has 5 heteroatoms. The van der Waals surface area contributed by atoms with Gasteiger partial charge in [-0.1, -0.05) is 26.0 Å². The smallest absolute Gasteiger partial charge is 0.313 e. The zero-order valence-corrected chi connectivity index (χ0v) is 13.3. The lowest BCUT2D eigenvalue weighted by Gasteiger charge is -2.31. The molecule has 122 valence electrons. The summed E-state index contributed by atoms with van der Waals surface area (Å²) >= 11 is 0. The van der Waals surface area contributed by atoms with E-state index in [1.807, 2.05) is 13.8 Å². The molecule has 0 aliphatic carbocycles. The van der Waals surface area contributed by atoms with Crippen LogP contribution >= 0.6 is 0 Å². The van der Waals surface area contributed by atoms with Crippen molar-refractivity contribution in [2.24, 2.45) is 5.92 Å². The van der Waals surface area contributed by atoms with Crippen molar-refractivity contribution in [1.29, 1.82) is 0 Å². The van der Waals surface area contributed by atoms with E-state index in [1.165, 1.54) is 19.2 Å². The molecule has 22 heavy (non-hydrogen) atoms. The van der Waals surface area contributed by atoms with Gasteiger partial charge in [0.2, 0.25) is 0 Å². The second kappa shape index (κ2) is 8.03. The molecule has 0 radical (unpaired) electrons. The lowest BCUT2D eigenvalue weighted by Crippen LogP contribution is -2.38. The molecule has 0 aromatic heterocycles. The first-order chi connectivity index (χ1) is 10.3. The highest BCUT2D eigenvalue weighted by molar-refractivity contribution is 5.95. The molecule has 0 saturated heterocycles. The summed E-state index contributed by atoms with van der Waals surface area (Å²) in [6.07, 6.45) is 0.465. The minimum atomic E-state index is -1.19. The maximum absolute atomic E-state index is 12.9. The van der Waals surface area contributed by atoms with E-state index in [0.29, 0.717) is 12.8 Å². The van der Waals surface area contributed by atoms with Gasteiger partial charge in [0.1, 0.15) is 18.0 Å². The van der Waals surface area contributed by atoms with Crippen molar-refractivity contribution in [1.82, 2.24) is 0 Å². The molecule has 0 aliphatic rings. The molecule has 0 fully saturated rings. The highest BCUT2D eigenvalue weighted by Crippen LogP contribution is 2.28. The van der Waals surface area contributed by atoms with Crippen LogP contribution in [0, 0.1) is 11.7 Å². The molecular weight excluding hydrogens is 287 g/mol. The summed E-state index contributed by atoms with van der Waals surface area (Å²) in [5.41, 5.74) is -0.305. The summed E-state index contributed by atoms with van der Waals surface area (Å²) in [6.45, 7) is 3.66. The van der Waals surface area contributed by atoms with Crippen LogP contribution in [0.15, 0.2) is 24.3 Å². The topological polar surface area (TPSA) is 63.6 Å². The van der Waals surface area contributed by atoms with E-state index in [0.717, 1.165) is 5.56 Å². The van der Waals surface area contributed by atoms with Crippen molar-refractivity contribution in [3.8, 4) is 0 Å². The van der Waals surface area contributed by atoms with Crippen molar-refractivity contribution in [2.75, 3.05) is 7.11 Å². The highest BCUT2D eigenvalue weighted by Gasteiger charge is 2.33. The number of aryl methyl sites for hydroxylation is 1. The van der Waals surface area contributed by atoms with E-state index in [4.69, 9.17) is 0 Å². The predicted molar refractivity (Wildman–Crippen MR) is 80.8 cm³/mol. The standard InChI is InChI=1S/C17H23FO4/c1-12(2)17(21,11-15(19)10-16(20)22-3)9-8-13-4-6-14(18)7-5-13/h4-7,12,21H,8-11H2,1-3H3. The largest absolute Gasteiger partial charge is 0.469 e. The monoisotopic (exact) mass is 310 g/mol. The Kier molecular flexibility index (Phi) is 6.68. The zero-order valence-electron chi connectivity index (χ0n) is 13.3. The number of halogens is 1. The molecule has 1 aromatic carbocycles. The molecule has 0 bridgehead atoms. The zero-order chi connectivity index (χ0) is 16.8. The highest BCUT2D eigenvalue weighted by atomic mass is 19.1. The van der Waals surface area contributed by atoms with Gasteiger partial charge in [-0.05, 0) is 36.5 Å². The SMILES string of the molecule is COC(=O)CC(=O)CC(O)(CCc1ccc(F)cc1)C(C)C. The van der Waals surface area contributed by atoms with Gasteiger partial charge in [-0.25, -0.2) is 4.39 Å². The van der Waals surface area contributed by atoms with Gasteiger partial charge in [-0.15, -0.1) is 0 Å². The van der Waals surface area contributed by atoms with Crippen LogP contribution in [0.1, 0.15) is 38.7 Å². The fourth-order valence-corrected chi connectivity index (χ4v) is 2.23. The Morgan fingerprint density at radius 3 is 2.36 bits per heavy atom. The molecule has 0 heterocycles. The number of rotatable bonds is 8. The number of carbonyl (C=O) groups is 2. The summed E-state index contributed by atoms with van der Waals surface area (Å²) in [6, 6.07) is 6.05. The van der Waals surface area contributed by atoms with Crippen LogP contribution in [-0.4, -0.2) is 29.6 Å². The number of hydrogen-bond donors (Lipinski definition) is 1. The van der Waals surface area contributed by atoms with Crippen LogP contribution in [0.5, 0.6) is 0 Å². The van der Waals surface area contributed by atoms with Crippen LogP contribution in [0.25, 0.3) is 0 Å². The van der Waals surface area contributed by atoms with Crippen LogP contribution in [0.4, 0.5) is 4.39 Å². The molecule has 0 amide bonds. The van der Waals surface area contributed by atoms with Crippen LogP contribution in [-0.2, 0) is 20.7 Å². The molecule has 1 atom stereocenters. The number of hydrogen-bond acceptors (Lipinski definition) is 4. The van der Waals surface area contributed by atoms with E-state index in [9.17, 15) is 19.1 Å². The van der Waals surface area contributed by atoms with Gasteiger partial charge >= 0.3 is 5.97 Å². The first kappa shape index (κ1) is 18.3. The number of methoxy groups -OCH3 is 1. The van der Waals surface area contributed by atoms with Crippen molar-refractivity contribution >= 4 is 11.8 Å². The molecule has 1 N–H and O–H groups in total. The van der Waals surface area contributed by atoms with Crippen LogP contribution in [0.3, 0.4) is 0 Å². The Balaban J connectivity index is 2.68. The van der Waals surface area contributed by atoms with E-state index in [1.54, 1.807) is 12.1 Å². The maximum atomic E-state index is 12.9. The van der Waals surface area contributed by atoms with Gasteiger partial charge in [-0.3, -0.25) is 9.59 Å². The molecule has 1 rings (SSSR count). The van der Waals surface area contributed by atoms with Crippen molar-refractivity contribution in [3.05, 3.63) is 35.6 Å². The summed E-state index contributed by atoms with van der Waals surface area (Å²) in [5, 5.41) is 10.7. The van der Waals surface area contributed by atoms with E-state index < -0.39 is 11.6 Å². The van der Waals surface area contributed by atoms with Crippen molar-refractivity contribution in [3.63, 3.8) is 0 Å². The van der Waals surface area contributed by atoms with Gasteiger partial charge in [0, 0.05) is 6.42 Å².